The molecule has 2 heterocycles. The Morgan fingerprint density at radius 2 is 2.32 bits per heavy atom. The highest BCUT2D eigenvalue weighted by Gasteiger charge is 2.28. The zero-order valence-electron chi connectivity index (χ0n) is 11.6. The quantitative estimate of drug-likeness (QED) is 0.798. The van der Waals surface area contributed by atoms with E-state index in [4.69, 9.17) is 4.74 Å². The first kappa shape index (κ1) is 13.7. The van der Waals surface area contributed by atoms with Crippen LogP contribution >= 0.6 is 0 Å². The van der Waals surface area contributed by atoms with E-state index >= 15 is 0 Å². The molecule has 2 rings (SSSR count). The number of carbonyl (C=O) groups is 1. The van der Waals surface area contributed by atoms with E-state index < -0.39 is 0 Å². The molecule has 1 aromatic rings. The van der Waals surface area contributed by atoms with Gasteiger partial charge in [-0.05, 0) is 13.8 Å². The molecule has 0 unspecified atom stereocenters. The lowest BCUT2D eigenvalue weighted by atomic mass is 10.2. The number of hydrogen-bond acceptors (Lipinski definition) is 5. The molecule has 6 nitrogen and oxygen atoms in total. The van der Waals surface area contributed by atoms with Crippen LogP contribution < -0.4 is 4.90 Å². The van der Waals surface area contributed by atoms with Gasteiger partial charge >= 0.3 is 0 Å². The molecule has 19 heavy (non-hydrogen) atoms. The third-order valence-corrected chi connectivity index (χ3v) is 3.24. The minimum atomic E-state index is 0.0933. The van der Waals surface area contributed by atoms with E-state index in [0.717, 1.165) is 0 Å². The molecular formula is C13H20N4O2. The summed E-state index contributed by atoms with van der Waals surface area (Å²) in [5, 5.41) is 0. The summed E-state index contributed by atoms with van der Waals surface area (Å²) in [5.41, 5.74) is 0. The van der Waals surface area contributed by atoms with Crippen molar-refractivity contribution in [3.8, 4) is 0 Å². The summed E-state index contributed by atoms with van der Waals surface area (Å²) in [4.78, 5) is 24.2. The predicted molar refractivity (Wildman–Crippen MR) is 71.9 cm³/mol. The fourth-order valence-corrected chi connectivity index (χ4v) is 2.11. The van der Waals surface area contributed by atoms with E-state index in [0.29, 0.717) is 25.5 Å². The van der Waals surface area contributed by atoms with Gasteiger partial charge in [-0.2, -0.15) is 0 Å². The van der Waals surface area contributed by atoms with Gasteiger partial charge in [0.15, 0.2) is 0 Å². The molecule has 0 bridgehead atoms. The Balaban J connectivity index is 1.96. The largest absolute Gasteiger partial charge is 0.375 e. The standard InChI is InChI=1S/C13H20N4O2/c1-10-9-19-11(2)7-17(10)13(18)8-16(3)12-6-14-4-5-15-12/h4-6,10-11H,7-9H2,1-3H3/t10-,11+/m0/s1. The molecule has 1 fully saturated rings. The second-order valence-electron chi connectivity index (χ2n) is 4.96. The Bertz CT molecular complexity index is 426. The molecule has 0 radical (unpaired) electrons. The van der Waals surface area contributed by atoms with E-state index in [-0.39, 0.29) is 18.1 Å². The second-order valence-corrected chi connectivity index (χ2v) is 4.96. The number of anilines is 1. The molecule has 2 atom stereocenters. The number of aromatic nitrogens is 2. The van der Waals surface area contributed by atoms with Crippen LogP contribution in [0.5, 0.6) is 0 Å². The van der Waals surface area contributed by atoms with Gasteiger partial charge in [0, 0.05) is 26.0 Å². The van der Waals surface area contributed by atoms with Crippen LogP contribution in [-0.2, 0) is 9.53 Å². The SMILES string of the molecule is C[C@@H]1CN(C(=O)CN(C)c2cnccn2)[C@@H](C)CO1. The molecule has 1 amide bonds. The molecule has 6 heteroatoms. The lowest BCUT2D eigenvalue weighted by Crippen LogP contribution is -2.52. The number of amides is 1. The van der Waals surface area contributed by atoms with Crippen molar-refractivity contribution in [2.24, 2.45) is 0 Å². The topological polar surface area (TPSA) is 58.6 Å². The molecule has 0 aliphatic carbocycles. The number of rotatable bonds is 3. The Morgan fingerprint density at radius 1 is 1.53 bits per heavy atom. The molecule has 0 saturated carbocycles. The highest BCUT2D eigenvalue weighted by Crippen LogP contribution is 2.13. The summed E-state index contributed by atoms with van der Waals surface area (Å²) in [6.45, 7) is 5.54. The number of nitrogens with zero attached hydrogens (tertiary/aromatic N) is 4. The number of ether oxygens (including phenoxy) is 1. The van der Waals surface area contributed by atoms with Crippen LogP contribution in [0.4, 0.5) is 5.82 Å². The van der Waals surface area contributed by atoms with Gasteiger partial charge in [0.05, 0.1) is 31.5 Å². The molecule has 1 aliphatic rings. The van der Waals surface area contributed by atoms with Crippen LogP contribution in [0.15, 0.2) is 18.6 Å². The maximum atomic E-state index is 12.3. The normalized spacial score (nSPS) is 23.2. The summed E-state index contributed by atoms with van der Waals surface area (Å²) >= 11 is 0. The van der Waals surface area contributed by atoms with Crippen molar-refractivity contribution < 1.29 is 9.53 Å². The van der Waals surface area contributed by atoms with Crippen molar-refractivity contribution in [1.82, 2.24) is 14.9 Å². The monoisotopic (exact) mass is 264 g/mol. The Kier molecular flexibility index (Phi) is 4.31. The average Bonchev–Trinajstić information content (AvgIpc) is 2.42. The second kappa shape index (κ2) is 5.97. The first-order valence-corrected chi connectivity index (χ1v) is 6.46. The van der Waals surface area contributed by atoms with Crippen LogP contribution in [0.3, 0.4) is 0 Å². The third-order valence-electron chi connectivity index (χ3n) is 3.24. The molecule has 0 aromatic carbocycles. The fraction of sp³-hybridized carbons (Fsp3) is 0.615. The van der Waals surface area contributed by atoms with Gasteiger partial charge in [-0.25, -0.2) is 4.98 Å². The number of likely N-dealkylation sites (N-methyl/N-ethyl adjacent to an activating group) is 1. The third kappa shape index (κ3) is 3.41. The van der Waals surface area contributed by atoms with Gasteiger partial charge in [0.25, 0.3) is 0 Å². The maximum absolute atomic E-state index is 12.3. The van der Waals surface area contributed by atoms with Crippen LogP contribution in [0.1, 0.15) is 13.8 Å². The lowest BCUT2D eigenvalue weighted by Gasteiger charge is -2.37. The molecule has 104 valence electrons. The van der Waals surface area contributed by atoms with Gasteiger partial charge < -0.3 is 14.5 Å². The summed E-state index contributed by atoms with van der Waals surface area (Å²) in [7, 11) is 1.84. The van der Waals surface area contributed by atoms with Gasteiger partial charge in [-0.1, -0.05) is 0 Å². The summed E-state index contributed by atoms with van der Waals surface area (Å²) < 4.78 is 5.53. The Labute approximate surface area is 113 Å². The van der Waals surface area contributed by atoms with E-state index in [1.54, 1.807) is 18.6 Å². The zero-order chi connectivity index (χ0) is 13.8. The van der Waals surface area contributed by atoms with Crippen LogP contribution in [-0.4, -0.2) is 59.7 Å². The fourth-order valence-electron chi connectivity index (χ4n) is 2.11. The maximum Gasteiger partial charge on any atom is 0.242 e. The van der Waals surface area contributed by atoms with Crippen molar-refractivity contribution in [3.05, 3.63) is 18.6 Å². The van der Waals surface area contributed by atoms with Gasteiger partial charge in [-0.3, -0.25) is 9.78 Å². The average molecular weight is 264 g/mol. The molecular weight excluding hydrogens is 244 g/mol. The molecule has 1 saturated heterocycles. The Morgan fingerprint density at radius 3 is 3.00 bits per heavy atom. The van der Waals surface area contributed by atoms with Crippen LogP contribution in [0.25, 0.3) is 0 Å². The van der Waals surface area contributed by atoms with E-state index in [9.17, 15) is 4.79 Å². The minimum Gasteiger partial charge on any atom is -0.375 e. The van der Waals surface area contributed by atoms with Crippen LogP contribution in [0.2, 0.25) is 0 Å². The summed E-state index contributed by atoms with van der Waals surface area (Å²) in [6, 6.07) is 0.124. The highest BCUT2D eigenvalue weighted by molar-refractivity contribution is 5.81. The molecule has 1 aliphatic heterocycles. The van der Waals surface area contributed by atoms with E-state index in [1.165, 1.54) is 0 Å². The van der Waals surface area contributed by atoms with Gasteiger partial charge in [-0.15, -0.1) is 0 Å². The zero-order valence-corrected chi connectivity index (χ0v) is 11.6. The first-order valence-electron chi connectivity index (χ1n) is 6.46. The summed E-state index contributed by atoms with van der Waals surface area (Å²) in [6.07, 6.45) is 4.99. The summed E-state index contributed by atoms with van der Waals surface area (Å²) in [5.74, 6) is 0.792. The predicted octanol–water partition coefficient (Wildman–Crippen LogP) is 0.549. The Hall–Kier alpha value is -1.69. The van der Waals surface area contributed by atoms with Crippen LogP contribution in [0, 0.1) is 0 Å². The minimum absolute atomic E-state index is 0.0933. The molecule has 1 aromatic heterocycles. The molecule has 0 N–H and O–H groups in total. The van der Waals surface area contributed by atoms with Gasteiger partial charge in [0.2, 0.25) is 5.91 Å². The highest BCUT2D eigenvalue weighted by atomic mass is 16.5. The van der Waals surface area contributed by atoms with Crippen molar-refractivity contribution in [2.45, 2.75) is 26.0 Å². The number of morpholine rings is 1. The number of hydrogen-bond donors (Lipinski definition) is 0. The van der Waals surface area contributed by atoms with E-state index in [2.05, 4.69) is 9.97 Å². The van der Waals surface area contributed by atoms with Crippen molar-refractivity contribution in [3.63, 3.8) is 0 Å². The van der Waals surface area contributed by atoms with Gasteiger partial charge in [0.1, 0.15) is 5.82 Å². The lowest BCUT2D eigenvalue weighted by molar-refractivity contribution is -0.141. The molecule has 0 spiro atoms. The first-order chi connectivity index (χ1) is 9.08. The van der Waals surface area contributed by atoms with Crippen molar-refractivity contribution >= 4 is 11.7 Å². The van der Waals surface area contributed by atoms with Crippen molar-refractivity contribution in [2.75, 3.05) is 31.6 Å². The van der Waals surface area contributed by atoms with Crippen molar-refractivity contribution in [1.29, 1.82) is 0 Å². The smallest absolute Gasteiger partial charge is 0.242 e. The van der Waals surface area contributed by atoms with E-state index in [1.807, 2.05) is 30.7 Å². The number of carbonyl (C=O) groups excluding carboxylic acids is 1.